The lowest BCUT2D eigenvalue weighted by atomic mass is 10.2. The molecule has 1 aromatic heterocycles. The third-order valence-corrected chi connectivity index (χ3v) is 3.30. The molecule has 1 N–H and O–H groups in total. The van der Waals surface area contributed by atoms with Gasteiger partial charge in [-0.15, -0.1) is 0 Å². The van der Waals surface area contributed by atoms with Crippen LogP contribution >= 0.6 is 0 Å². The number of nitro groups is 1. The molecule has 24 heavy (non-hydrogen) atoms. The molecule has 0 spiro atoms. The van der Waals surface area contributed by atoms with Gasteiger partial charge in [0.2, 0.25) is 5.43 Å². The summed E-state index contributed by atoms with van der Waals surface area (Å²) >= 11 is 0. The minimum atomic E-state index is -0.596. The van der Waals surface area contributed by atoms with Crippen molar-refractivity contribution in [2.24, 2.45) is 5.92 Å². The van der Waals surface area contributed by atoms with Crippen LogP contribution in [0.2, 0.25) is 0 Å². The Labute approximate surface area is 138 Å². The molecular formula is C16H18N4O4. The van der Waals surface area contributed by atoms with Gasteiger partial charge in [0.25, 0.3) is 11.6 Å². The van der Waals surface area contributed by atoms with E-state index in [0.717, 1.165) is 0 Å². The van der Waals surface area contributed by atoms with Crippen LogP contribution in [0.5, 0.6) is 0 Å². The Bertz CT molecular complexity index is 842. The molecule has 0 fully saturated rings. The number of aryl methyl sites for hydroxylation is 1. The second-order valence-electron chi connectivity index (χ2n) is 5.76. The van der Waals surface area contributed by atoms with Gasteiger partial charge in [-0.2, -0.15) is 5.10 Å². The lowest BCUT2D eigenvalue weighted by Crippen LogP contribution is -2.34. The topological polar surface area (TPSA) is 107 Å². The Morgan fingerprint density at radius 2 is 2.04 bits per heavy atom. The van der Waals surface area contributed by atoms with Crippen LogP contribution in [0.1, 0.15) is 30.0 Å². The maximum atomic E-state index is 12.2. The summed E-state index contributed by atoms with van der Waals surface area (Å²) in [6, 6.07) is 7.26. The first-order chi connectivity index (χ1) is 11.3. The first kappa shape index (κ1) is 17.3. The Hall–Kier alpha value is -3.03. The number of carbonyl (C=O) groups is 1. The minimum absolute atomic E-state index is 0.162. The van der Waals surface area contributed by atoms with Crippen LogP contribution in [0.3, 0.4) is 0 Å². The molecule has 126 valence electrons. The average Bonchev–Trinajstić information content (AvgIpc) is 2.52. The van der Waals surface area contributed by atoms with Crippen molar-refractivity contribution < 1.29 is 9.72 Å². The maximum Gasteiger partial charge on any atom is 0.294 e. The zero-order valence-corrected chi connectivity index (χ0v) is 13.6. The van der Waals surface area contributed by atoms with Gasteiger partial charge in [0, 0.05) is 24.4 Å². The van der Waals surface area contributed by atoms with Gasteiger partial charge < -0.3 is 5.32 Å². The van der Waals surface area contributed by atoms with Gasteiger partial charge >= 0.3 is 0 Å². The van der Waals surface area contributed by atoms with Gasteiger partial charge in [0.1, 0.15) is 5.69 Å². The number of hydrogen-bond acceptors (Lipinski definition) is 5. The van der Waals surface area contributed by atoms with E-state index in [9.17, 15) is 19.7 Å². The third-order valence-electron chi connectivity index (χ3n) is 3.30. The highest BCUT2D eigenvalue weighted by Gasteiger charge is 2.20. The van der Waals surface area contributed by atoms with Crippen LogP contribution in [0.25, 0.3) is 5.69 Å². The van der Waals surface area contributed by atoms with Crippen molar-refractivity contribution in [2.45, 2.75) is 20.8 Å². The van der Waals surface area contributed by atoms with E-state index in [1.165, 1.54) is 28.9 Å². The summed E-state index contributed by atoms with van der Waals surface area (Å²) in [6.45, 7) is 5.85. The molecule has 0 unspecified atom stereocenters. The second kappa shape index (κ2) is 7.03. The van der Waals surface area contributed by atoms with E-state index in [2.05, 4.69) is 10.4 Å². The Morgan fingerprint density at radius 1 is 1.38 bits per heavy atom. The smallest absolute Gasteiger partial charge is 0.294 e. The SMILES string of the molecule is Cc1cc(=O)c(C(=O)NCC(C)C)nn1-c1ccccc1[N+](=O)[O-]. The monoisotopic (exact) mass is 330 g/mol. The normalized spacial score (nSPS) is 10.7. The van der Waals surface area contributed by atoms with Crippen molar-refractivity contribution in [3.8, 4) is 5.69 Å². The number of amides is 1. The van der Waals surface area contributed by atoms with Crippen LogP contribution in [0, 0.1) is 23.0 Å². The summed E-state index contributed by atoms with van der Waals surface area (Å²) in [6.07, 6.45) is 0. The average molecular weight is 330 g/mol. The van der Waals surface area contributed by atoms with E-state index in [4.69, 9.17) is 0 Å². The van der Waals surface area contributed by atoms with E-state index in [1.807, 2.05) is 13.8 Å². The van der Waals surface area contributed by atoms with Crippen molar-refractivity contribution in [2.75, 3.05) is 6.54 Å². The molecule has 0 atom stereocenters. The molecule has 0 aliphatic heterocycles. The van der Waals surface area contributed by atoms with Gasteiger partial charge in [-0.3, -0.25) is 19.7 Å². The molecule has 0 aliphatic carbocycles. The van der Waals surface area contributed by atoms with E-state index in [1.54, 1.807) is 13.0 Å². The molecule has 8 nitrogen and oxygen atoms in total. The molecule has 0 aliphatic rings. The number of aromatic nitrogens is 2. The van der Waals surface area contributed by atoms with Crippen molar-refractivity contribution in [3.05, 3.63) is 62.1 Å². The molecule has 2 aromatic rings. The summed E-state index contributed by atoms with van der Waals surface area (Å²) in [4.78, 5) is 34.9. The van der Waals surface area contributed by atoms with Gasteiger partial charge in [-0.1, -0.05) is 26.0 Å². The second-order valence-corrected chi connectivity index (χ2v) is 5.76. The summed E-state index contributed by atoms with van der Waals surface area (Å²) in [5.41, 5.74) is -0.388. The standard InChI is InChI=1S/C16H18N4O4/c1-10(2)9-17-16(22)15-14(21)8-11(3)19(18-15)12-6-4-5-7-13(12)20(23)24/h4-8,10H,9H2,1-3H3,(H,17,22). The van der Waals surface area contributed by atoms with Gasteiger partial charge in [-0.25, -0.2) is 4.68 Å². The largest absolute Gasteiger partial charge is 0.350 e. The number of benzene rings is 1. The van der Waals surface area contributed by atoms with Crippen LogP contribution in [0.4, 0.5) is 5.69 Å². The maximum absolute atomic E-state index is 12.2. The number of para-hydroxylation sites is 2. The van der Waals surface area contributed by atoms with E-state index in [-0.39, 0.29) is 23.0 Å². The lowest BCUT2D eigenvalue weighted by molar-refractivity contribution is -0.384. The van der Waals surface area contributed by atoms with E-state index >= 15 is 0 Å². The number of carbonyl (C=O) groups excluding carboxylic acids is 1. The highest BCUT2D eigenvalue weighted by molar-refractivity contribution is 5.92. The molecule has 2 rings (SSSR count). The summed E-state index contributed by atoms with van der Waals surface area (Å²) in [5.74, 6) is -0.377. The number of hydrogen-bond donors (Lipinski definition) is 1. The van der Waals surface area contributed by atoms with Gasteiger partial charge in [0.15, 0.2) is 5.69 Å². The van der Waals surface area contributed by atoms with E-state index in [0.29, 0.717) is 12.2 Å². The van der Waals surface area contributed by atoms with Crippen molar-refractivity contribution in [3.63, 3.8) is 0 Å². The lowest BCUT2D eigenvalue weighted by Gasteiger charge is -2.12. The Balaban J connectivity index is 2.54. The fourth-order valence-electron chi connectivity index (χ4n) is 2.13. The molecular weight excluding hydrogens is 312 g/mol. The van der Waals surface area contributed by atoms with Crippen molar-refractivity contribution >= 4 is 11.6 Å². The van der Waals surface area contributed by atoms with E-state index < -0.39 is 16.3 Å². The number of nitrogens with one attached hydrogen (secondary N) is 1. The summed E-state index contributed by atoms with van der Waals surface area (Å²) < 4.78 is 1.24. The Kier molecular flexibility index (Phi) is 5.08. The number of nitro benzene ring substituents is 1. The molecule has 1 aromatic carbocycles. The van der Waals surface area contributed by atoms with Crippen LogP contribution in [-0.4, -0.2) is 27.2 Å². The molecule has 0 saturated carbocycles. The van der Waals surface area contributed by atoms with Crippen molar-refractivity contribution in [1.82, 2.24) is 15.1 Å². The number of nitrogens with zero attached hydrogens (tertiary/aromatic N) is 3. The van der Waals surface area contributed by atoms with Gasteiger partial charge in [0.05, 0.1) is 4.92 Å². The third kappa shape index (κ3) is 3.65. The van der Waals surface area contributed by atoms with Crippen LogP contribution < -0.4 is 10.7 Å². The zero-order chi connectivity index (χ0) is 17.9. The molecule has 0 radical (unpaired) electrons. The molecule has 1 amide bonds. The van der Waals surface area contributed by atoms with Crippen molar-refractivity contribution in [1.29, 1.82) is 0 Å². The minimum Gasteiger partial charge on any atom is -0.350 e. The summed E-state index contributed by atoms with van der Waals surface area (Å²) in [7, 11) is 0. The fraction of sp³-hybridized carbons (Fsp3) is 0.312. The quantitative estimate of drug-likeness (QED) is 0.665. The predicted molar refractivity (Wildman–Crippen MR) is 88.4 cm³/mol. The first-order valence-electron chi connectivity index (χ1n) is 7.44. The van der Waals surface area contributed by atoms with Crippen LogP contribution in [-0.2, 0) is 0 Å². The predicted octanol–water partition coefficient (Wildman–Crippen LogP) is 1.83. The molecule has 0 saturated heterocycles. The molecule has 8 heteroatoms. The fourth-order valence-corrected chi connectivity index (χ4v) is 2.13. The molecule has 0 bridgehead atoms. The highest BCUT2D eigenvalue weighted by Crippen LogP contribution is 2.22. The van der Waals surface area contributed by atoms with Gasteiger partial charge in [-0.05, 0) is 18.9 Å². The highest BCUT2D eigenvalue weighted by atomic mass is 16.6. The molecule has 1 heterocycles. The number of rotatable bonds is 5. The Morgan fingerprint density at radius 3 is 2.67 bits per heavy atom. The summed E-state index contributed by atoms with van der Waals surface area (Å²) in [5, 5.41) is 17.9. The zero-order valence-electron chi connectivity index (χ0n) is 13.6. The van der Waals surface area contributed by atoms with Crippen LogP contribution in [0.15, 0.2) is 35.1 Å². The first-order valence-corrected chi connectivity index (χ1v) is 7.44.